The molecule has 0 fully saturated rings. The minimum Gasteiger partial charge on any atom is -0.394 e. The molecule has 0 unspecified atom stereocenters. The SMILES string of the molecule is CC(CO)(CO)NCc1ccc2cccc3c4cccc5cccc(c1c23)c54. The molecule has 0 aliphatic carbocycles. The Morgan fingerprint density at radius 1 is 0.679 bits per heavy atom. The van der Waals surface area contributed by atoms with Crippen molar-refractivity contribution in [3.05, 3.63) is 72.3 Å². The van der Waals surface area contributed by atoms with Crippen LogP contribution in [0.2, 0.25) is 0 Å². The van der Waals surface area contributed by atoms with E-state index in [9.17, 15) is 10.2 Å². The maximum atomic E-state index is 9.65. The van der Waals surface area contributed by atoms with E-state index in [-0.39, 0.29) is 13.2 Å². The minimum absolute atomic E-state index is 0.115. The van der Waals surface area contributed by atoms with Gasteiger partial charge in [-0.25, -0.2) is 0 Å². The molecule has 0 radical (unpaired) electrons. The summed E-state index contributed by atoms with van der Waals surface area (Å²) in [6.07, 6.45) is 0. The topological polar surface area (TPSA) is 52.5 Å². The van der Waals surface area contributed by atoms with E-state index < -0.39 is 5.54 Å². The first kappa shape index (κ1) is 17.4. The van der Waals surface area contributed by atoms with Crippen LogP contribution in [0.1, 0.15) is 12.5 Å². The van der Waals surface area contributed by atoms with Crippen LogP contribution in [0.5, 0.6) is 0 Å². The average molecular weight is 369 g/mol. The molecule has 0 atom stereocenters. The second-order valence-corrected chi connectivity index (χ2v) is 7.94. The van der Waals surface area contributed by atoms with Crippen molar-refractivity contribution in [3.8, 4) is 0 Å². The lowest BCUT2D eigenvalue weighted by Crippen LogP contribution is -2.48. The molecule has 0 aliphatic rings. The first-order valence-electron chi connectivity index (χ1n) is 9.69. The standard InChI is InChI=1S/C25H23NO2/c1-25(14-27,15-28)26-13-18-12-11-17-7-3-9-20-19-8-2-5-16-6-4-10-21(22(16)19)24(18)23(17)20/h2-12,26-28H,13-15H2,1H3. The van der Waals surface area contributed by atoms with Gasteiger partial charge in [0.1, 0.15) is 0 Å². The monoisotopic (exact) mass is 369 g/mol. The quantitative estimate of drug-likeness (QED) is 0.314. The highest BCUT2D eigenvalue weighted by Gasteiger charge is 2.22. The Bertz CT molecular complexity index is 1300. The fourth-order valence-electron chi connectivity index (χ4n) is 4.35. The maximum Gasteiger partial charge on any atom is 0.0633 e. The molecule has 0 aliphatic heterocycles. The van der Waals surface area contributed by atoms with Crippen LogP contribution in [0.3, 0.4) is 0 Å². The largest absolute Gasteiger partial charge is 0.394 e. The predicted octanol–water partition coefficient (Wildman–Crippen LogP) is 4.57. The van der Waals surface area contributed by atoms with Gasteiger partial charge in [0.2, 0.25) is 0 Å². The van der Waals surface area contributed by atoms with Crippen molar-refractivity contribution in [2.75, 3.05) is 13.2 Å². The molecular formula is C25H23NO2. The van der Waals surface area contributed by atoms with Gasteiger partial charge in [0.05, 0.1) is 18.8 Å². The van der Waals surface area contributed by atoms with Crippen LogP contribution >= 0.6 is 0 Å². The first-order valence-corrected chi connectivity index (χ1v) is 9.69. The van der Waals surface area contributed by atoms with Crippen LogP contribution in [0.15, 0.2) is 66.7 Å². The summed E-state index contributed by atoms with van der Waals surface area (Å²) >= 11 is 0. The summed E-state index contributed by atoms with van der Waals surface area (Å²) in [6, 6.07) is 23.8. The van der Waals surface area contributed by atoms with E-state index in [1.165, 1.54) is 48.7 Å². The fourth-order valence-corrected chi connectivity index (χ4v) is 4.35. The zero-order valence-corrected chi connectivity index (χ0v) is 15.9. The number of aliphatic hydroxyl groups is 2. The molecule has 5 aromatic rings. The molecule has 0 heterocycles. The summed E-state index contributed by atoms with van der Waals surface area (Å²) in [6.45, 7) is 2.18. The summed E-state index contributed by atoms with van der Waals surface area (Å²) < 4.78 is 0. The highest BCUT2D eigenvalue weighted by molar-refractivity contribution is 6.33. The number of fused-ring (bicyclic) bond motifs is 2. The number of nitrogens with one attached hydrogen (secondary N) is 1. The minimum atomic E-state index is -0.709. The number of hydrogen-bond donors (Lipinski definition) is 3. The van der Waals surface area contributed by atoms with Crippen LogP contribution in [0, 0.1) is 0 Å². The third-order valence-corrected chi connectivity index (χ3v) is 6.00. The van der Waals surface area contributed by atoms with Crippen LogP contribution < -0.4 is 5.32 Å². The van der Waals surface area contributed by atoms with Gasteiger partial charge in [-0.1, -0.05) is 66.7 Å². The van der Waals surface area contributed by atoms with E-state index in [0.29, 0.717) is 6.54 Å². The summed E-state index contributed by atoms with van der Waals surface area (Å²) in [4.78, 5) is 0. The molecule has 3 heteroatoms. The van der Waals surface area contributed by atoms with E-state index in [1.807, 2.05) is 6.92 Å². The summed E-state index contributed by atoms with van der Waals surface area (Å²) in [5.41, 5.74) is 0.467. The van der Waals surface area contributed by atoms with Gasteiger partial charge in [-0.2, -0.15) is 0 Å². The predicted molar refractivity (Wildman–Crippen MR) is 117 cm³/mol. The molecule has 5 rings (SSSR count). The van der Waals surface area contributed by atoms with Crippen molar-refractivity contribution in [1.29, 1.82) is 0 Å². The Kier molecular flexibility index (Phi) is 3.98. The van der Waals surface area contributed by atoms with Crippen LogP contribution in [-0.2, 0) is 6.54 Å². The molecule has 5 aromatic carbocycles. The molecule has 0 bridgehead atoms. The van der Waals surface area contributed by atoms with Gasteiger partial charge in [0, 0.05) is 6.54 Å². The number of rotatable bonds is 5. The fraction of sp³-hybridized carbons (Fsp3) is 0.200. The lowest BCUT2D eigenvalue weighted by Gasteiger charge is -2.27. The average Bonchev–Trinajstić information content (AvgIpc) is 2.75. The van der Waals surface area contributed by atoms with Gasteiger partial charge in [-0.3, -0.25) is 0 Å². The Hall–Kier alpha value is -2.72. The Morgan fingerprint density at radius 2 is 1.25 bits per heavy atom. The molecule has 0 saturated carbocycles. The summed E-state index contributed by atoms with van der Waals surface area (Å²) in [5.74, 6) is 0. The van der Waals surface area contributed by atoms with Gasteiger partial charge < -0.3 is 15.5 Å². The molecule has 0 saturated heterocycles. The summed E-state index contributed by atoms with van der Waals surface area (Å²) in [7, 11) is 0. The van der Waals surface area contributed by atoms with Crippen molar-refractivity contribution >= 4 is 43.1 Å². The van der Waals surface area contributed by atoms with E-state index in [0.717, 1.165) is 0 Å². The molecule has 140 valence electrons. The van der Waals surface area contributed by atoms with Gasteiger partial charge in [-0.05, 0) is 55.6 Å². The van der Waals surface area contributed by atoms with Crippen LogP contribution in [-0.4, -0.2) is 29.0 Å². The molecule has 0 amide bonds. The Morgan fingerprint density at radius 3 is 1.89 bits per heavy atom. The van der Waals surface area contributed by atoms with Gasteiger partial charge in [0.15, 0.2) is 0 Å². The van der Waals surface area contributed by atoms with Crippen molar-refractivity contribution in [2.24, 2.45) is 0 Å². The van der Waals surface area contributed by atoms with E-state index in [1.54, 1.807) is 0 Å². The lowest BCUT2D eigenvalue weighted by molar-refractivity contribution is 0.103. The van der Waals surface area contributed by atoms with Gasteiger partial charge >= 0.3 is 0 Å². The molecule has 28 heavy (non-hydrogen) atoms. The zero-order valence-electron chi connectivity index (χ0n) is 15.9. The molecule has 3 nitrogen and oxygen atoms in total. The Labute approximate surface area is 163 Å². The molecule has 0 spiro atoms. The van der Waals surface area contributed by atoms with Crippen LogP contribution in [0.4, 0.5) is 0 Å². The molecule has 0 aromatic heterocycles. The van der Waals surface area contributed by atoms with Crippen molar-refractivity contribution < 1.29 is 10.2 Å². The van der Waals surface area contributed by atoms with Crippen molar-refractivity contribution in [3.63, 3.8) is 0 Å². The lowest BCUT2D eigenvalue weighted by atomic mass is 9.87. The summed E-state index contributed by atoms with van der Waals surface area (Å²) in [5, 5.41) is 32.8. The highest BCUT2D eigenvalue weighted by Crippen LogP contribution is 2.41. The van der Waals surface area contributed by atoms with E-state index >= 15 is 0 Å². The zero-order chi connectivity index (χ0) is 19.3. The molecular weight excluding hydrogens is 346 g/mol. The number of hydrogen-bond acceptors (Lipinski definition) is 3. The number of benzene rings is 5. The second kappa shape index (κ2) is 6.42. The normalized spacial score (nSPS) is 12.7. The third kappa shape index (κ3) is 2.48. The van der Waals surface area contributed by atoms with Crippen LogP contribution in [0.25, 0.3) is 43.1 Å². The van der Waals surface area contributed by atoms with E-state index in [4.69, 9.17) is 0 Å². The molecule has 3 N–H and O–H groups in total. The smallest absolute Gasteiger partial charge is 0.0633 e. The second-order valence-electron chi connectivity index (χ2n) is 7.94. The van der Waals surface area contributed by atoms with Crippen molar-refractivity contribution in [2.45, 2.75) is 19.0 Å². The van der Waals surface area contributed by atoms with E-state index in [2.05, 4.69) is 72.0 Å². The maximum absolute atomic E-state index is 9.65. The third-order valence-electron chi connectivity index (χ3n) is 6.00. The van der Waals surface area contributed by atoms with Gasteiger partial charge in [0.25, 0.3) is 0 Å². The Balaban J connectivity index is 1.87. The van der Waals surface area contributed by atoms with Gasteiger partial charge in [-0.15, -0.1) is 0 Å². The number of aliphatic hydroxyl groups excluding tert-OH is 2. The van der Waals surface area contributed by atoms with Crippen molar-refractivity contribution in [1.82, 2.24) is 5.32 Å². The highest BCUT2D eigenvalue weighted by atomic mass is 16.3. The first-order chi connectivity index (χ1) is 13.6.